The minimum Gasteiger partial charge on any atom is -0.352 e. The zero-order valence-electron chi connectivity index (χ0n) is 9.43. The Bertz CT molecular complexity index is 728. The maximum atomic E-state index is 12.3. The Hall–Kier alpha value is -1.47. The van der Waals surface area contributed by atoms with Gasteiger partial charge in [-0.05, 0) is 30.1 Å². The summed E-state index contributed by atoms with van der Waals surface area (Å²) in [6.45, 7) is 0.438. The molecule has 1 atom stereocenters. The Kier molecular flexibility index (Phi) is 2.79. The van der Waals surface area contributed by atoms with E-state index in [1.165, 1.54) is 15.9 Å². The molecule has 1 fully saturated rings. The smallest absolute Gasteiger partial charge is 0.272 e. The second kappa shape index (κ2) is 4.33. The van der Waals surface area contributed by atoms with Crippen LogP contribution in [0.25, 0.3) is 10.2 Å². The predicted molar refractivity (Wildman–Crippen MR) is 72.4 cm³/mol. The van der Waals surface area contributed by atoms with Gasteiger partial charge >= 0.3 is 0 Å². The number of carbonyl (C=O) groups is 1. The lowest BCUT2D eigenvalue weighted by atomic mass is 10.2. The van der Waals surface area contributed by atoms with Gasteiger partial charge in [0.05, 0.1) is 5.52 Å². The number of hydrogen-bond acceptors (Lipinski definition) is 4. The van der Waals surface area contributed by atoms with E-state index in [2.05, 4.69) is 10.3 Å². The van der Waals surface area contributed by atoms with Crippen molar-refractivity contribution in [2.24, 2.45) is 0 Å². The van der Waals surface area contributed by atoms with Crippen LogP contribution >= 0.6 is 23.6 Å². The van der Waals surface area contributed by atoms with Crippen LogP contribution in [-0.4, -0.2) is 21.5 Å². The molecule has 94 valence electrons. The summed E-state index contributed by atoms with van der Waals surface area (Å²) in [6.07, 6.45) is 1.28. The molecule has 0 aromatic carbocycles. The van der Waals surface area contributed by atoms with E-state index in [0.717, 1.165) is 11.9 Å². The van der Waals surface area contributed by atoms with Crippen molar-refractivity contribution in [3.8, 4) is 0 Å². The van der Waals surface area contributed by atoms with Gasteiger partial charge in [0.1, 0.15) is 4.70 Å². The fourth-order valence-electron chi connectivity index (χ4n) is 2.17. The van der Waals surface area contributed by atoms with Crippen LogP contribution in [0.3, 0.4) is 0 Å². The Morgan fingerprint density at radius 3 is 3.06 bits per heavy atom. The standard InChI is InChI=1S/C11H11N3O2S2/c15-8-2-1-6(12-8)5-14-10(16)9-7(3-4-18-9)13-11(14)17/h3-4,6H,1-2,5H2,(H,12,15)(H,13,17). The fraction of sp³-hybridized carbons (Fsp3) is 0.364. The third-order valence-electron chi connectivity index (χ3n) is 3.08. The molecule has 1 amide bonds. The SMILES string of the molecule is O=C1CCC(Cn2c(=S)[nH]c3ccsc3c2=O)N1. The maximum absolute atomic E-state index is 12.3. The molecule has 1 saturated heterocycles. The van der Waals surface area contributed by atoms with Crippen LogP contribution in [0.1, 0.15) is 12.8 Å². The van der Waals surface area contributed by atoms with Gasteiger partial charge in [0.2, 0.25) is 5.91 Å². The first-order valence-corrected chi connectivity index (χ1v) is 6.93. The van der Waals surface area contributed by atoms with E-state index in [-0.39, 0.29) is 17.5 Å². The summed E-state index contributed by atoms with van der Waals surface area (Å²) in [6, 6.07) is 1.85. The first-order valence-electron chi connectivity index (χ1n) is 5.65. The van der Waals surface area contributed by atoms with Crippen LogP contribution in [0.2, 0.25) is 0 Å². The molecule has 0 bridgehead atoms. The van der Waals surface area contributed by atoms with Gasteiger partial charge < -0.3 is 10.3 Å². The van der Waals surface area contributed by atoms with E-state index in [1.807, 2.05) is 11.4 Å². The van der Waals surface area contributed by atoms with Gasteiger partial charge in [-0.25, -0.2) is 0 Å². The van der Waals surface area contributed by atoms with E-state index in [1.54, 1.807) is 0 Å². The third kappa shape index (κ3) is 1.89. The van der Waals surface area contributed by atoms with Crippen LogP contribution in [0, 0.1) is 4.77 Å². The molecule has 3 heterocycles. The highest BCUT2D eigenvalue weighted by atomic mass is 32.1. The Labute approximate surface area is 111 Å². The van der Waals surface area contributed by atoms with Gasteiger partial charge in [-0.3, -0.25) is 14.2 Å². The lowest BCUT2D eigenvalue weighted by Crippen LogP contribution is -2.34. The third-order valence-corrected chi connectivity index (χ3v) is 4.30. The van der Waals surface area contributed by atoms with Crippen molar-refractivity contribution >= 4 is 39.7 Å². The quantitative estimate of drug-likeness (QED) is 0.818. The maximum Gasteiger partial charge on any atom is 0.272 e. The summed E-state index contributed by atoms with van der Waals surface area (Å²) in [5, 5.41) is 4.70. The summed E-state index contributed by atoms with van der Waals surface area (Å²) < 4.78 is 2.62. The van der Waals surface area contributed by atoms with Gasteiger partial charge in [0.25, 0.3) is 5.56 Å². The molecule has 5 nitrogen and oxygen atoms in total. The highest BCUT2D eigenvalue weighted by Gasteiger charge is 2.22. The first kappa shape index (κ1) is 11.6. The van der Waals surface area contributed by atoms with Crippen molar-refractivity contribution in [2.45, 2.75) is 25.4 Å². The van der Waals surface area contributed by atoms with Gasteiger partial charge in [0, 0.05) is 19.0 Å². The van der Waals surface area contributed by atoms with Crippen molar-refractivity contribution in [1.29, 1.82) is 0 Å². The summed E-state index contributed by atoms with van der Waals surface area (Å²) in [5.41, 5.74) is 0.701. The van der Waals surface area contributed by atoms with E-state index in [4.69, 9.17) is 12.2 Å². The molecule has 2 aromatic rings. The summed E-state index contributed by atoms with van der Waals surface area (Å²) in [7, 11) is 0. The first-order chi connectivity index (χ1) is 8.65. The van der Waals surface area contributed by atoms with Crippen molar-refractivity contribution in [1.82, 2.24) is 14.9 Å². The minimum absolute atomic E-state index is 0.00251. The lowest BCUT2D eigenvalue weighted by molar-refractivity contribution is -0.119. The van der Waals surface area contributed by atoms with Crippen LogP contribution in [0.15, 0.2) is 16.2 Å². The van der Waals surface area contributed by atoms with Crippen LogP contribution in [0.5, 0.6) is 0 Å². The lowest BCUT2D eigenvalue weighted by Gasteiger charge is -2.12. The number of carbonyl (C=O) groups excluding carboxylic acids is 1. The molecule has 1 aliphatic heterocycles. The molecular weight excluding hydrogens is 270 g/mol. The molecule has 2 aromatic heterocycles. The number of hydrogen-bond donors (Lipinski definition) is 2. The van der Waals surface area contributed by atoms with Crippen molar-refractivity contribution < 1.29 is 4.79 Å². The number of rotatable bonds is 2. The molecule has 0 saturated carbocycles. The molecule has 0 spiro atoms. The average molecular weight is 281 g/mol. The molecule has 2 N–H and O–H groups in total. The number of nitrogens with one attached hydrogen (secondary N) is 2. The van der Waals surface area contributed by atoms with Crippen LogP contribution in [-0.2, 0) is 11.3 Å². The number of nitrogens with zero attached hydrogens (tertiary/aromatic N) is 1. The molecule has 0 aliphatic carbocycles. The second-order valence-electron chi connectivity index (χ2n) is 4.31. The van der Waals surface area contributed by atoms with Crippen molar-refractivity contribution in [2.75, 3.05) is 0 Å². The number of fused-ring (bicyclic) bond motifs is 1. The Morgan fingerprint density at radius 1 is 1.50 bits per heavy atom. The van der Waals surface area contributed by atoms with Crippen LogP contribution < -0.4 is 10.9 Å². The molecule has 3 rings (SSSR count). The second-order valence-corrected chi connectivity index (χ2v) is 5.62. The monoisotopic (exact) mass is 281 g/mol. The van der Waals surface area contributed by atoms with E-state index in [0.29, 0.717) is 22.4 Å². The molecule has 7 heteroatoms. The number of thiophene rings is 1. The summed E-state index contributed by atoms with van der Waals surface area (Å²) >= 11 is 6.59. The molecule has 1 unspecified atom stereocenters. The average Bonchev–Trinajstić information content (AvgIpc) is 2.93. The fourth-order valence-corrected chi connectivity index (χ4v) is 3.24. The molecule has 0 radical (unpaired) electrons. The summed E-state index contributed by atoms with van der Waals surface area (Å²) in [4.78, 5) is 26.4. The number of aromatic amines is 1. The number of aromatic nitrogens is 2. The van der Waals surface area contributed by atoms with E-state index < -0.39 is 0 Å². The largest absolute Gasteiger partial charge is 0.352 e. The molecule has 18 heavy (non-hydrogen) atoms. The van der Waals surface area contributed by atoms with Gasteiger partial charge in [-0.1, -0.05) is 0 Å². The van der Waals surface area contributed by atoms with Gasteiger partial charge in [-0.15, -0.1) is 11.3 Å². The molecule has 1 aliphatic rings. The van der Waals surface area contributed by atoms with Crippen LogP contribution in [0.4, 0.5) is 0 Å². The normalized spacial score (nSPS) is 19.3. The highest BCUT2D eigenvalue weighted by molar-refractivity contribution is 7.71. The zero-order valence-corrected chi connectivity index (χ0v) is 11.1. The number of amides is 1. The number of H-pyrrole nitrogens is 1. The van der Waals surface area contributed by atoms with E-state index in [9.17, 15) is 9.59 Å². The van der Waals surface area contributed by atoms with Gasteiger partial charge in [-0.2, -0.15) is 0 Å². The van der Waals surface area contributed by atoms with Crippen molar-refractivity contribution in [3.63, 3.8) is 0 Å². The van der Waals surface area contributed by atoms with E-state index >= 15 is 0 Å². The zero-order chi connectivity index (χ0) is 12.7. The van der Waals surface area contributed by atoms with Crippen molar-refractivity contribution in [3.05, 3.63) is 26.6 Å². The Morgan fingerprint density at radius 2 is 2.33 bits per heavy atom. The minimum atomic E-state index is -0.0788. The predicted octanol–water partition coefficient (Wildman–Crippen LogP) is 1.40. The highest BCUT2D eigenvalue weighted by Crippen LogP contribution is 2.15. The topological polar surface area (TPSA) is 66.9 Å². The summed E-state index contributed by atoms with van der Waals surface area (Å²) in [5.74, 6) is 0.0418. The van der Waals surface area contributed by atoms with Gasteiger partial charge in [0.15, 0.2) is 4.77 Å². The Balaban J connectivity index is 2.03. The molecular formula is C11H11N3O2S2.